The highest BCUT2D eigenvalue weighted by molar-refractivity contribution is 5.74. The molecular weight excluding hydrogens is 370 g/mol. The first-order chi connectivity index (χ1) is 14.7. The Bertz CT molecular complexity index is 1160. The highest BCUT2D eigenvalue weighted by atomic mass is 16.5. The first-order valence-electron chi connectivity index (χ1n) is 10.4. The molecule has 3 atom stereocenters. The Kier molecular flexibility index (Phi) is 4.56. The van der Waals surface area contributed by atoms with E-state index in [4.69, 9.17) is 4.74 Å². The second-order valence-corrected chi connectivity index (χ2v) is 7.97. The van der Waals surface area contributed by atoms with Crippen molar-refractivity contribution in [1.82, 2.24) is 5.32 Å². The lowest BCUT2D eigenvalue weighted by molar-refractivity contribution is -0.132. The normalized spacial score (nSPS) is 23.5. The highest BCUT2D eigenvalue weighted by Gasteiger charge is 2.54. The number of nitrogens with one attached hydrogen (secondary N) is 1. The van der Waals surface area contributed by atoms with Crippen LogP contribution in [0.15, 0.2) is 78.9 Å². The third kappa shape index (κ3) is 3.06. The van der Waals surface area contributed by atoms with Gasteiger partial charge in [-0.3, -0.25) is 4.79 Å². The van der Waals surface area contributed by atoms with E-state index in [2.05, 4.69) is 35.4 Å². The fourth-order valence-corrected chi connectivity index (χ4v) is 4.88. The maximum atomic E-state index is 12.3. The largest absolute Gasteiger partial charge is 0.463 e. The van der Waals surface area contributed by atoms with Crippen molar-refractivity contribution in [1.29, 1.82) is 0 Å². The van der Waals surface area contributed by atoms with Gasteiger partial charge in [0, 0.05) is 29.5 Å². The zero-order chi connectivity index (χ0) is 20.6. The first-order valence-corrected chi connectivity index (χ1v) is 10.4. The van der Waals surface area contributed by atoms with Crippen LogP contribution in [0.3, 0.4) is 0 Å². The van der Waals surface area contributed by atoms with Crippen molar-refractivity contribution in [2.24, 2.45) is 5.92 Å². The van der Waals surface area contributed by atoms with Gasteiger partial charge in [-0.25, -0.2) is 0 Å². The lowest BCUT2D eigenvalue weighted by atomic mass is 9.67. The predicted molar refractivity (Wildman–Crippen MR) is 117 cm³/mol. The summed E-state index contributed by atoms with van der Waals surface area (Å²) in [6.45, 7) is 1.55. The van der Waals surface area contributed by atoms with E-state index in [0.717, 1.165) is 35.3 Å². The summed E-state index contributed by atoms with van der Waals surface area (Å²) < 4.78 is 6.64. The molecule has 1 aliphatic heterocycles. The van der Waals surface area contributed by atoms with Crippen molar-refractivity contribution in [3.8, 4) is 17.6 Å². The number of amides is 1. The van der Waals surface area contributed by atoms with Gasteiger partial charge in [0.05, 0.1) is 5.92 Å². The summed E-state index contributed by atoms with van der Waals surface area (Å²) in [6, 6.07) is 26.4. The van der Waals surface area contributed by atoms with Gasteiger partial charge in [0.15, 0.2) is 0 Å². The molecule has 0 spiro atoms. The highest BCUT2D eigenvalue weighted by Crippen LogP contribution is 2.53. The molecule has 1 aliphatic carbocycles. The second-order valence-electron chi connectivity index (χ2n) is 7.97. The van der Waals surface area contributed by atoms with Gasteiger partial charge >= 0.3 is 0 Å². The molecule has 2 aliphatic rings. The Morgan fingerprint density at radius 3 is 2.57 bits per heavy atom. The molecule has 148 valence electrons. The Morgan fingerprint density at radius 2 is 1.73 bits per heavy atom. The number of benzene rings is 3. The summed E-state index contributed by atoms with van der Waals surface area (Å²) in [7, 11) is 0. The summed E-state index contributed by atoms with van der Waals surface area (Å²) in [6.07, 6.45) is 1.83. The van der Waals surface area contributed by atoms with E-state index in [1.807, 2.05) is 60.7 Å². The van der Waals surface area contributed by atoms with Gasteiger partial charge in [-0.1, -0.05) is 72.5 Å². The summed E-state index contributed by atoms with van der Waals surface area (Å²) >= 11 is 0. The van der Waals surface area contributed by atoms with Crippen molar-refractivity contribution in [3.63, 3.8) is 0 Å². The molecule has 0 unspecified atom stereocenters. The van der Waals surface area contributed by atoms with Gasteiger partial charge in [-0.2, -0.15) is 0 Å². The minimum absolute atomic E-state index is 0.0161. The Balaban J connectivity index is 1.70. The van der Waals surface area contributed by atoms with Gasteiger partial charge in [-0.15, -0.1) is 0 Å². The van der Waals surface area contributed by atoms with E-state index >= 15 is 0 Å². The first kappa shape index (κ1) is 18.5. The molecule has 30 heavy (non-hydrogen) atoms. The Morgan fingerprint density at radius 1 is 1.00 bits per heavy atom. The van der Waals surface area contributed by atoms with Crippen LogP contribution in [-0.4, -0.2) is 5.91 Å². The zero-order valence-corrected chi connectivity index (χ0v) is 16.9. The molecule has 3 heteroatoms. The van der Waals surface area contributed by atoms with E-state index in [1.54, 1.807) is 6.92 Å². The van der Waals surface area contributed by atoms with Crippen LogP contribution in [0, 0.1) is 17.8 Å². The monoisotopic (exact) mass is 393 g/mol. The van der Waals surface area contributed by atoms with Gasteiger partial charge in [0.1, 0.15) is 5.75 Å². The minimum Gasteiger partial charge on any atom is -0.463 e. The number of rotatable bonds is 1. The van der Waals surface area contributed by atoms with E-state index in [0.29, 0.717) is 0 Å². The topological polar surface area (TPSA) is 38.3 Å². The summed E-state index contributed by atoms with van der Waals surface area (Å²) in [4.78, 5) is 12.3. The number of hydrogen-bond donors (Lipinski definition) is 1. The van der Waals surface area contributed by atoms with Gasteiger partial charge in [0.25, 0.3) is 0 Å². The van der Waals surface area contributed by atoms with Crippen LogP contribution in [0.5, 0.6) is 5.75 Å². The van der Waals surface area contributed by atoms with Crippen LogP contribution in [0.2, 0.25) is 0 Å². The van der Waals surface area contributed by atoms with Crippen molar-refractivity contribution in [3.05, 3.63) is 101 Å². The molecule has 0 saturated heterocycles. The Labute approximate surface area is 177 Å². The molecule has 0 fully saturated rings. The fraction of sp³-hybridized carbons (Fsp3) is 0.222. The van der Waals surface area contributed by atoms with Gasteiger partial charge in [-0.05, 0) is 36.6 Å². The molecular formula is C27H23NO2. The quantitative estimate of drug-likeness (QED) is 0.605. The molecule has 0 saturated carbocycles. The molecule has 3 aromatic carbocycles. The van der Waals surface area contributed by atoms with Crippen LogP contribution in [0.4, 0.5) is 0 Å². The maximum Gasteiger partial charge on any atom is 0.220 e. The minimum atomic E-state index is -0.912. The lowest BCUT2D eigenvalue weighted by Crippen LogP contribution is -2.60. The maximum absolute atomic E-state index is 12.3. The lowest BCUT2D eigenvalue weighted by Gasteiger charge is -2.50. The smallest absolute Gasteiger partial charge is 0.220 e. The zero-order valence-electron chi connectivity index (χ0n) is 16.9. The van der Waals surface area contributed by atoms with Crippen LogP contribution >= 0.6 is 0 Å². The average molecular weight is 393 g/mol. The van der Waals surface area contributed by atoms with Crippen LogP contribution in [-0.2, 0) is 16.9 Å². The van der Waals surface area contributed by atoms with Crippen LogP contribution in [0.25, 0.3) is 0 Å². The standard InChI is InChI=1S/C27H23NO2/c1-19(29)28-27-24-13-7-5-11-21(24)16-18-25(27)22(17-15-20-9-3-2-4-10-20)23-12-6-8-14-26(23)30-27/h2-14,22,25H,16,18H2,1H3,(H,28,29)/t22-,25+,27+/m1/s1. The fourth-order valence-electron chi connectivity index (χ4n) is 4.88. The van der Waals surface area contributed by atoms with E-state index in [-0.39, 0.29) is 17.7 Å². The number of ether oxygens (including phenoxy) is 1. The van der Waals surface area contributed by atoms with Crippen molar-refractivity contribution in [2.75, 3.05) is 0 Å². The molecule has 0 radical (unpaired) electrons. The van der Waals surface area contributed by atoms with Crippen LogP contribution < -0.4 is 10.1 Å². The number of para-hydroxylation sites is 1. The third-order valence-corrected chi connectivity index (χ3v) is 6.10. The van der Waals surface area contributed by atoms with Gasteiger partial charge < -0.3 is 10.1 Å². The number of carbonyl (C=O) groups excluding carboxylic acids is 1. The number of fused-ring (bicyclic) bond motifs is 4. The van der Waals surface area contributed by atoms with E-state index in [1.165, 1.54) is 5.56 Å². The van der Waals surface area contributed by atoms with Crippen molar-refractivity contribution >= 4 is 5.91 Å². The molecule has 1 heterocycles. The van der Waals surface area contributed by atoms with Crippen molar-refractivity contribution < 1.29 is 9.53 Å². The van der Waals surface area contributed by atoms with Gasteiger partial charge in [0.2, 0.25) is 11.6 Å². The molecule has 3 aromatic rings. The van der Waals surface area contributed by atoms with E-state index in [9.17, 15) is 4.79 Å². The molecule has 0 aromatic heterocycles. The number of hydrogen-bond acceptors (Lipinski definition) is 2. The van der Waals surface area contributed by atoms with E-state index < -0.39 is 5.72 Å². The number of carbonyl (C=O) groups is 1. The second kappa shape index (κ2) is 7.39. The molecule has 1 N–H and O–H groups in total. The SMILES string of the molecule is CC(=O)N[C@@]12Oc3ccccc3[C@@H](C#Cc3ccccc3)[C@@H]1CCc1ccccc12. The molecule has 1 amide bonds. The summed E-state index contributed by atoms with van der Waals surface area (Å²) in [5.74, 6) is 7.55. The van der Waals surface area contributed by atoms with Crippen molar-refractivity contribution in [2.45, 2.75) is 31.4 Å². The van der Waals surface area contributed by atoms with Crippen LogP contribution in [0.1, 0.15) is 41.5 Å². The molecule has 0 bridgehead atoms. The third-order valence-electron chi connectivity index (χ3n) is 6.10. The predicted octanol–water partition coefficient (Wildman–Crippen LogP) is 4.77. The summed E-state index contributed by atoms with van der Waals surface area (Å²) in [5, 5.41) is 3.19. The Hall–Kier alpha value is -3.51. The molecule has 5 rings (SSSR count). The number of aryl methyl sites for hydroxylation is 1. The molecule has 3 nitrogen and oxygen atoms in total. The average Bonchev–Trinajstić information content (AvgIpc) is 2.77. The summed E-state index contributed by atoms with van der Waals surface area (Å²) in [5.41, 5.74) is 3.42.